The van der Waals surface area contributed by atoms with Crippen LogP contribution in [0.5, 0.6) is 0 Å². The molecular weight excluding hydrogens is 539 g/mol. The van der Waals surface area contributed by atoms with E-state index in [2.05, 4.69) is 114 Å². The van der Waals surface area contributed by atoms with Crippen LogP contribution in [0.1, 0.15) is 34.9 Å². The molecule has 0 atom stereocenters. The summed E-state index contributed by atoms with van der Waals surface area (Å²) >= 11 is 0.250. The molecule has 0 amide bonds. The number of aromatic nitrogens is 2. The molecule has 6 heteroatoms. The summed E-state index contributed by atoms with van der Waals surface area (Å²) in [5.74, 6) is 0. The minimum Gasteiger partial charge on any atom is -0.380 e. The smallest absolute Gasteiger partial charge is 0.0883 e. The Morgan fingerprint density at radius 3 is 2.40 bits per heavy atom. The monoisotopic (exact) mass is 574 g/mol. The second kappa shape index (κ2) is 13.5. The van der Waals surface area contributed by atoms with E-state index in [0.29, 0.717) is 0 Å². The summed E-state index contributed by atoms with van der Waals surface area (Å²) in [7, 11) is 1.89. The summed E-state index contributed by atoms with van der Waals surface area (Å²) in [5, 5.41) is 7.16. The van der Waals surface area contributed by atoms with Crippen LogP contribution in [0.3, 0.4) is 0 Å². The Morgan fingerprint density at radius 1 is 0.905 bits per heavy atom. The lowest BCUT2D eigenvalue weighted by Gasteiger charge is -2.15. The average Bonchev–Trinajstić information content (AvgIpc) is 3.40. The Bertz CT molecular complexity index is 1840. The van der Waals surface area contributed by atoms with Gasteiger partial charge in [0.25, 0.3) is 0 Å². The number of para-hydroxylation sites is 1. The highest BCUT2D eigenvalue weighted by Gasteiger charge is 2.19. The largest absolute Gasteiger partial charge is 0.380 e. The second-order valence-corrected chi connectivity index (χ2v) is 10.4. The molecule has 4 nitrogen and oxygen atoms in total. The molecule has 0 aliphatic rings. The number of aromatic amines is 1. The van der Waals surface area contributed by atoms with Gasteiger partial charge in [-0.1, -0.05) is 79.7 Å². The first-order valence-electron chi connectivity index (χ1n) is 14.1. The SMILES string of the molecule is CCc1c(C(=NC)c2cc(-c3cncc4c(NCc5ccccc5)cccc34)ccc2C)[nH]c2ccccc12.CSF. The third kappa shape index (κ3) is 5.95. The summed E-state index contributed by atoms with van der Waals surface area (Å²) in [6.45, 7) is 5.13. The summed E-state index contributed by atoms with van der Waals surface area (Å²) in [5.41, 5.74) is 11.4. The highest BCUT2D eigenvalue weighted by atomic mass is 32.2. The van der Waals surface area contributed by atoms with Gasteiger partial charge in [-0.05, 0) is 59.2 Å². The van der Waals surface area contributed by atoms with E-state index < -0.39 is 0 Å². The fourth-order valence-corrected chi connectivity index (χ4v) is 5.55. The predicted octanol–water partition coefficient (Wildman–Crippen LogP) is 9.57. The number of nitrogens with zero attached hydrogens (tertiary/aromatic N) is 2. The van der Waals surface area contributed by atoms with Crippen LogP contribution in [0, 0.1) is 6.92 Å². The van der Waals surface area contributed by atoms with Gasteiger partial charge < -0.3 is 10.3 Å². The first-order chi connectivity index (χ1) is 20.6. The molecule has 2 aromatic heterocycles. The maximum Gasteiger partial charge on any atom is 0.0883 e. The molecule has 0 saturated carbocycles. The van der Waals surface area contributed by atoms with E-state index in [0.717, 1.165) is 57.7 Å². The van der Waals surface area contributed by atoms with Crippen molar-refractivity contribution in [1.82, 2.24) is 9.97 Å². The van der Waals surface area contributed by atoms with Crippen LogP contribution < -0.4 is 5.32 Å². The van der Waals surface area contributed by atoms with Crippen LogP contribution in [-0.4, -0.2) is 29.0 Å². The molecule has 0 unspecified atom stereocenters. The summed E-state index contributed by atoms with van der Waals surface area (Å²) < 4.78 is 10.2. The van der Waals surface area contributed by atoms with Crippen molar-refractivity contribution in [2.75, 3.05) is 18.6 Å². The molecule has 6 rings (SSSR count). The fourth-order valence-electron chi connectivity index (χ4n) is 5.55. The molecule has 2 heterocycles. The van der Waals surface area contributed by atoms with E-state index in [1.54, 1.807) is 0 Å². The van der Waals surface area contributed by atoms with E-state index in [9.17, 15) is 3.89 Å². The number of anilines is 1. The molecule has 212 valence electrons. The van der Waals surface area contributed by atoms with Gasteiger partial charge in [-0.15, -0.1) is 0 Å². The van der Waals surface area contributed by atoms with Crippen molar-refractivity contribution in [2.24, 2.45) is 4.99 Å². The maximum atomic E-state index is 10.2. The molecule has 0 bridgehead atoms. The molecule has 0 spiro atoms. The van der Waals surface area contributed by atoms with Gasteiger partial charge in [0, 0.05) is 77.5 Å². The van der Waals surface area contributed by atoms with Gasteiger partial charge in [0.1, 0.15) is 0 Å². The van der Waals surface area contributed by atoms with Gasteiger partial charge in [0.05, 0.1) is 11.4 Å². The first kappa shape index (κ1) is 29.1. The van der Waals surface area contributed by atoms with Crippen LogP contribution in [0.15, 0.2) is 108 Å². The van der Waals surface area contributed by atoms with Gasteiger partial charge >= 0.3 is 0 Å². The number of hydrogen-bond acceptors (Lipinski definition) is 4. The number of aliphatic imine (C=N–C) groups is 1. The molecule has 0 aliphatic heterocycles. The van der Waals surface area contributed by atoms with Crippen LogP contribution in [-0.2, 0) is 13.0 Å². The molecule has 0 radical (unpaired) electrons. The van der Waals surface area contributed by atoms with Crippen molar-refractivity contribution in [2.45, 2.75) is 26.8 Å². The Hall–Kier alpha value is -4.42. The third-order valence-corrected chi connectivity index (χ3v) is 7.56. The zero-order valence-corrected chi connectivity index (χ0v) is 25.2. The molecule has 0 saturated heterocycles. The quantitative estimate of drug-likeness (QED) is 0.187. The fraction of sp³-hybridized carbons (Fsp3) is 0.167. The van der Waals surface area contributed by atoms with Crippen LogP contribution in [0.25, 0.3) is 32.8 Å². The van der Waals surface area contributed by atoms with Gasteiger partial charge in [0.15, 0.2) is 0 Å². The van der Waals surface area contributed by atoms with E-state index in [1.165, 1.54) is 33.7 Å². The number of nitrogens with one attached hydrogen (secondary N) is 2. The molecule has 4 aromatic carbocycles. The molecule has 42 heavy (non-hydrogen) atoms. The zero-order valence-electron chi connectivity index (χ0n) is 24.4. The van der Waals surface area contributed by atoms with Crippen molar-refractivity contribution < 1.29 is 3.89 Å². The minimum absolute atomic E-state index is 0.250. The van der Waals surface area contributed by atoms with Crippen molar-refractivity contribution in [3.05, 3.63) is 131 Å². The van der Waals surface area contributed by atoms with Crippen LogP contribution >= 0.6 is 12.1 Å². The number of rotatable bonds is 7. The summed E-state index contributed by atoms with van der Waals surface area (Å²) in [4.78, 5) is 13.1. The summed E-state index contributed by atoms with van der Waals surface area (Å²) in [6, 6.07) is 32.1. The van der Waals surface area contributed by atoms with Gasteiger partial charge in [-0.2, -0.15) is 3.89 Å². The number of fused-ring (bicyclic) bond motifs is 2. The lowest BCUT2D eigenvalue weighted by atomic mass is 9.92. The van der Waals surface area contributed by atoms with Crippen molar-refractivity contribution >= 4 is 45.2 Å². The van der Waals surface area contributed by atoms with Crippen LogP contribution in [0.4, 0.5) is 9.57 Å². The molecule has 0 aliphatic carbocycles. The minimum atomic E-state index is 0.250. The van der Waals surface area contributed by atoms with Gasteiger partial charge in [0.2, 0.25) is 0 Å². The second-order valence-electron chi connectivity index (χ2n) is 10.1. The van der Waals surface area contributed by atoms with E-state index in [4.69, 9.17) is 4.99 Å². The normalized spacial score (nSPS) is 11.4. The number of halogens is 1. The van der Waals surface area contributed by atoms with E-state index in [-0.39, 0.29) is 12.1 Å². The average molecular weight is 575 g/mol. The summed E-state index contributed by atoms with van der Waals surface area (Å²) in [6.07, 6.45) is 6.24. The van der Waals surface area contributed by atoms with Crippen molar-refractivity contribution in [1.29, 1.82) is 0 Å². The van der Waals surface area contributed by atoms with Crippen molar-refractivity contribution in [3.63, 3.8) is 0 Å². The molecule has 6 aromatic rings. The number of pyridine rings is 1. The zero-order chi connectivity index (χ0) is 29.5. The van der Waals surface area contributed by atoms with Crippen LogP contribution in [0.2, 0.25) is 0 Å². The Balaban J connectivity index is 0.00000113. The Morgan fingerprint density at radius 2 is 1.64 bits per heavy atom. The highest BCUT2D eigenvalue weighted by Crippen LogP contribution is 2.34. The number of H-pyrrole nitrogens is 1. The Labute approximate surface area is 251 Å². The number of hydrogen-bond donors (Lipinski definition) is 2. The standard InChI is InChI=1S/C35H32N4.CH3FS/c1-4-26-28-13-8-9-15-33(28)39-35(26)34(36-3)29-19-25(18-17-23(29)2)30-21-37-22-31-27(30)14-10-16-32(31)38-20-24-11-6-5-7-12-24;1-3-2/h5-19,21-22,38-39H,4,20H2,1-3H3;1H3. The van der Waals surface area contributed by atoms with Gasteiger partial charge in [-0.3, -0.25) is 9.98 Å². The van der Waals surface area contributed by atoms with E-state index in [1.807, 2.05) is 25.5 Å². The number of benzene rings is 4. The predicted molar refractivity (Wildman–Crippen MR) is 180 cm³/mol. The lowest BCUT2D eigenvalue weighted by Crippen LogP contribution is -2.09. The molecular formula is C36H35FN4S. The number of aryl methyl sites for hydroxylation is 2. The topological polar surface area (TPSA) is 53.1 Å². The lowest BCUT2D eigenvalue weighted by molar-refractivity contribution is 0.944. The molecule has 2 N–H and O–H groups in total. The third-order valence-electron chi connectivity index (χ3n) is 7.56. The van der Waals surface area contributed by atoms with Gasteiger partial charge in [-0.25, -0.2) is 0 Å². The first-order valence-corrected chi connectivity index (χ1v) is 15.2. The Kier molecular flexibility index (Phi) is 9.35. The highest BCUT2D eigenvalue weighted by molar-refractivity contribution is 7.93. The van der Waals surface area contributed by atoms with E-state index >= 15 is 0 Å². The maximum absolute atomic E-state index is 10.2. The molecule has 0 fully saturated rings. The van der Waals surface area contributed by atoms with Crippen molar-refractivity contribution in [3.8, 4) is 11.1 Å².